The summed E-state index contributed by atoms with van der Waals surface area (Å²) in [7, 11) is 0. The van der Waals surface area contributed by atoms with E-state index >= 15 is 0 Å². The molecule has 0 spiro atoms. The van der Waals surface area contributed by atoms with Crippen LogP contribution in [0.2, 0.25) is 0 Å². The van der Waals surface area contributed by atoms with Crippen molar-refractivity contribution >= 4 is 5.91 Å². The summed E-state index contributed by atoms with van der Waals surface area (Å²) in [4.78, 5) is 16.3. The van der Waals surface area contributed by atoms with Crippen LogP contribution in [0.3, 0.4) is 0 Å². The molecule has 0 aliphatic rings. The topological polar surface area (TPSA) is 62.2 Å². The fourth-order valence-electron chi connectivity index (χ4n) is 2.17. The maximum absolute atomic E-state index is 12.1. The van der Waals surface area contributed by atoms with E-state index in [0.29, 0.717) is 12.1 Å². The number of carbonyl (C=O) groups is 1. The van der Waals surface area contributed by atoms with Gasteiger partial charge in [-0.3, -0.25) is 4.79 Å². The van der Waals surface area contributed by atoms with E-state index in [1.54, 1.807) is 12.1 Å². The monoisotopic (exact) mass is 284 g/mol. The van der Waals surface area contributed by atoms with Crippen LogP contribution < -0.4 is 5.32 Å². The molecule has 1 amide bonds. The molecule has 0 saturated carbocycles. The van der Waals surface area contributed by atoms with Gasteiger partial charge in [0.15, 0.2) is 0 Å². The Kier molecular flexibility index (Phi) is 5.06. The van der Waals surface area contributed by atoms with Crippen molar-refractivity contribution in [3.63, 3.8) is 0 Å². The lowest BCUT2D eigenvalue weighted by atomic mass is 10.0. The van der Waals surface area contributed by atoms with Crippen LogP contribution in [0.5, 0.6) is 0 Å². The van der Waals surface area contributed by atoms with E-state index in [4.69, 9.17) is 0 Å². The van der Waals surface area contributed by atoms with E-state index in [1.165, 1.54) is 0 Å². The quantitative estimate of drug-likeness (QED) is 0.887. The van der Waals surface area contributed by atoms with Crippen molar-refractivity contribution in [1.82, 2.24) is 10.3 Å². The molecule has 0 aliphatic heterocycles. The average molecular weight is 284 g/mol. The maximum Gasteiger partial charge on any atom is 0.270 e. The predicted molar refractivity (Wildman–Crippen MR) is 81.9 cm³/mol. The fraction of sp³-hybridized carbons (Fsp3) is 0.294. The van der Waals surface area contributed by atoms with Crippen molar-refractivity contribution in [2.75, 3.05) is 0 Å². The largest absolute Gasteiger partial charge is 0.388 e. The van der Waals surface area contributed by atoms with Gasteiger partial charge in [0, 0.05) is 11.7 Å². The van der Waals surface area contributed by atoms with Gasteiger partial charge in [-0.25, -0.2) is 4.98 Å². The second-order valence-electron chi connectivity index (χ2n) is 5.20. The molecule has 0 radical (unpaired) electrons. The zero-order valence-electron chi connectivity index (χ0n) is 12.3. The van der Waals surface area contributed by atoms with Crippen LogP contribution in [0.15, 0.2) is 48.5 Å². The summed E-state index contributed by atoms with van der Waals surface area (Å²) in [5.74, 6) is -0.216. The summed E-state index contributed by atoms with van der Waals surface area (Å²) in [5.41, 5.74) is 2.06. The van der Waals surface area contributed by atoms with Crippen LogP contribution in [-0.4, -0.2) is 22.0 Å². The standard InChI is InChI=1S/C17H20N2O2/c1-12-7-6-10-15(18-12)17(21)19-13(2)11-16(20)14-8-4-3-5-9-14/h3-10,13,16,20H,11H2,1-2H3,(H,19,21). The molecule has 0 saturated heterocycles. The Labute approximate surface area is 124 Å². The number of rotatable bonds is 5. The normalized spacial score (nSPS) is 13.5. The molecule has 2 atom stereocenters. The second kappa shape index (κ2) is 6.99. The van der Waals surface area contributed by atoms with Gasteiger partial charge in [0.1, 0.15) is 5.69 Å². The maximum atomic E-state index is 12.1. The van der Waals surface area contributed by atoms with E-state index < -0.39 is 6.10 Å². The Bertz CT molecular complexity index is 599. The number of benzene rings is 1. The van der Waals surface area contributed by atoms with E-state index in [2.05, 4.69) is 10.3 Å². The van der Waals surface area contributed by atoms with Crippen molar-refractivity contribution in [2.45, 2.75) is 32.4 Å². The summed E-state index contributed by atoms with van der Waals surface area (Å²) < 4.78 is 0. The molecule has 0 fully saturated rings. The van der Waals surface area contributed by atoms with Crippen molar-refractivity contribution < 1.29 is 9.90 Å². The van der Waals surface area contributed by atoms with E-state index in [-0.39, 0.29) is 11.9 Å². The molecule has 0 aliphatic carbocycles. The zero-order valence-corrected chi connectivity index (χ0v) is 12.3. The molecule has 1 heterocycles. The number of aliphatic hydroxyl groups is 1. The van der Waals surface area contributed by atoms with Crippen LogP contribution in [0.4, 0.5) is 0 Å². The summed E-state index contributed by atoms with van der Waals surface area (Å²) in [5, 5.41) is 13.0. The highest BCUT2D eigenvalue weighted by Crippen LogP contribution is 2.17. The Morgan fingerprint density at radius 1 is 1.19 bits per heavy atom. The Hall–Kier alpha value is -2.20. The molecule has 1 aromatic carbocycles. The van der Waals surface area contributed by atoms with Crippen molar-refractivity contribution in [2.24, 2.45) is 0 Å². The lowest BCUT2D eigenvalue weighted by Crippen LogP contribution is -2.34. The number of pyridine rings is 1. The third-order valence-electron chi connectivity index (χ3n) is 3.26. The third kappa shape index (κ3) is 4.39. The Balaban J connectivity index is 1.92. The number of aliphatic hydroxyl groups excluding tert-OH is 1. The van der Waals surface area contributed by atoms with E-state index in [9.17, 15) is 9.90 Å². The molecular formula is C17H20N2O2. The third-order valence-corrected chi connectivity index (χ3v) is 3.26. The second-order valence-corrected chi connectivity index (χ2v) is 5.20. The highest BCUT2D eigenvalue weighted by molar-refractivity contribution is 5.92. The Morgan fingerprint density at radius 2 is 1.90 bits per heavy atom. The number of amides is 1. The number of nitrogens with zero attached hydrogens (tertiary/aromatic N) is 1. The number of nitrogens with one attached hydrogen (secondary N) is 1. The molecule has 110 valence electrons. The molecule has 1 aromatic heterocycles. The Morgan fingerprint density at radius 3 is 2.57 bits per heavy atom. The van der Waals surface area contributed by atoms with Crippen LogP contribution >= 0.6 is 0 Å². The molecule has 2 N–H and O–H groups in total. The lowest BCUT2D eigenvalue weighted by molar-refractivity contribution is 0.0912. The van der Waals surface area contributed by atoms with Gasteiger partial charge in [0.2, 0.25) is 0 Å². The molecular weight excluding hydrogens is 264 g/mol. The molecule has 4 heteroatoms. The van der Waals surface area contributed by atoms with Crippen molar-refractivity contribution in [3.05, 3.63) is 65.5 Å². The van der Waals surface area contributed by atoms with E-state index in [1.807, 2.05) is 50.2 Å². The average Bonchev–Trinajstić information content (AvgIpc) is 2.48. The molecule has 2 rings (SSSR count). The van der Waals surface area contributed by atoms with Crippen LogP contribution in [-0.2, 0) is 0 Å². The van der Waals surface area contributed by atoms with Gasteiger partial charge in [0.05, 0.1) is 6.10 Å². The first-order valence-corrected chi connectivity index (χ1v) is 7.04. The number of aryl methyl sites for hydroxylation is 1. The van der Waals surface area contributed by atoms with E-state index in [0.717, 1.165) is 11.3 Å². The highest BCUT2D eigenvalue weighted by atomic mass is 16.3. The van der Waals surface area contributed by atoms with Gasteiger partial charge in [-0.05, 0) is 38.0 Å². The zero-order chi connectivity index (χ0) is 15.2. The van der Waals surface area contributed by atoms with Gasteiger partial charge in [-0.1, -0.05) is 36.4 Å². The van der Waals surface area contributed by atoms with Gasteiger partial charge < -0.3 is 10.4 Å². The smallest absolute Gasteiger partial charge is 0.270 e. The number of carbonyl (C=O) groups excluding carboxylic acids is 1. The first-order chi connectivity index (χ1) is 10.1. The first kappa shape index (κ1) is 15.2. The van der Waals surface area contributed by atoms with Gasteiger partial charge in [0.25, 0.3) is 5.91 Å². The van der Waals surface area contributed by atoms with Crippen LogP contribution in [0, 0.1) is 6.92 Å². The van der Waals surface area contributed by atoms with Gasteiger partial charge in [-0.2, -0.15) is 0 Å². The van der Waals surface area contributed by atoms with Gasteiger partial charge >= 0.3 is 0 Å². The minimum Gasteiger partial charge on any atom is -0.388 e. The molecule has 21 heavy (non-hydrogen) atoms. The number of aromatic nitrogens is 1. The van der Waals surface area contributed by atoms with Gasteiger partial charge in [-0.15, -0.1) is 0 Å². The minimum absolute atomic E-state index is 0.144. The number of hydrogen-bond acceptors (Lipinski definition) is 3. The summed E-state index contributed by atoms with van der Waals surface area (Å²) >= 11 is 0. The first-order valence-electron chi connectivity index (χ1n) is 7.04. The molecule has 2 unspecified atom stereocenters. The molecule has 2 aromatic rings. The molecule has 0 bridgehead atoms. The fourth-order valence-corrected chi connectivity index (χ4v) is 2.17. The summed E-state index contributed by atoms with van der Waals surface area (Å²) in [6, 6.07) is 14.6. The van der Waals surface area contributed by atoms with Crippen molar-refractivity contribution in [3.8, 4) is 0 Å². The molecule has 4 nitrogen and oxygen atoms in total. The summed E-state index contributed by atoms with van der Waals surface area (Å²) in [6.07, 6.45) is -0.131. The SMILES string of the molecule is Cc1cccc(C(=O)NC(C)CC(O)c2ccccc2)n1. The van der Waals surface area contributed by atoms with Crippen LogP contribution in [0.25, 0.3) is 0 Å². The van der Waals surface area contributed by atoms with Crippen LogP contribution in [0.1, 0.15) is 41.2 Å². The van der Waals surface area contributed by atoms with Crippen molar-refractivity contribution in [1.29, 1.82) is 0 Å². The summed E-state index contributed by atoms with van der Waals surface area (Å²) in [6.45, 7) is 3.72. The lowest BCUT2D eigenvalue weighted by Gasteiger charge is -2.18. The number of hydrogen-bond donors (Lipinski definition) is 2. The highest BCUT2D eigenvalue weighted by Gasteiger charge is 2.15. The predicted octanol–water partition coefficient (Wildman–Crippen LogP) is 2.63. The minimum atomic E-state index is -0.591.